The molecule has 0 fully saturated rings. The van der Waals surface area contributed by atoms with Crippen LogP contribution in [0.1, 0.15) is 18.4 Å². The number of carbonyl (C=O) groups is 2. The molecule has 0 spiro atoms. The van der Waals surface area contributed by atoms with Crippen LogP contribution in [0.5, 0.6) is 5.75 Å². The zero-order valence-corrected chi connectivity index (χ0v) is 10.8. The molecule has 1 rings (SSSR count). The van der Waals surface area contributed by atoms with Crippen molar-refractivity contribution in [3.05, 3.63) is 29.8 Å². The number of carboxylic acid groups (broad SMARTS) is 1. The van der Waals surface area contributed by atoms with Gasteiger partial charge in [0.05, 0.1) is 7.11 Å². The van der Waals surface area contributed by atoms with Crippen molar-refractivity contribution in [2.45, 2.75) is 25.4 Å². The summed E-state index contributed by atoms with van der Waals surface area (Å²) in [5.41, 5.74) is 6.18. The maximum atomic E-state index is 11.5. The van der Waals surface area contributed by atoms with E-state index in [-0.39, 0.29) is 18.7 Å². The third kappa shape index (κ3) is 4.97. The molecular weight excluding hydrogens is 248 g/mol. The molecule has 0 heterocycles. The average Bonchev–Trinajstić information content (AvgIpc) is 2.42. The molecule has 0 radical (unpaired) electrons. The summed E-state index contributed by atoms with van der Waals surface area (Å²) in [4.78, 5) is 22.0. The van der Waals surface area contributed by atoms with Crippen LogP contribution in [0.15, 0.2) is 24.3 Å². The summed E-state index contributed by atoms with van der Waals surface area (Å²) in [6.45, 7) is 0.338. The van der Waals surface area contributed by atoms with Crippen molar-refractivity contribution in [2.75, 3.05) is 7.11 Å². The first-order valence-corrected chi connectivity index (χ1v) is 5.91. The molecule has 6 heteroatoms. The normalized spacial score (nSPS) is 11.7. The number of aliphatic carboxylic acids is 1. The predicted molar refractivity (Wildman–Crippen MR) is 69.7 cm³/mol. The summed E-state index contributed by atoms with van der Waals surface area (Å²) in [5, 5.41) is 11.3. The summed E-state index contributed by atoms with van der Waals surface area (Å²) in [7, 11) is 1.56. The van der Waals surface area contributed by atoms with Crippen LogP contribution in [0.2, 0.25) is 0 Å². The molecule has 6 nitrogen and oxygen atoms in total. The number of carbonyl (C=O) groups excluding carboxylic acids is 1. The number of methoxy groups -OCH3 is 1. The van der Waals surface area contributed by atoms with Crippen molar-refractivity contribution >= 4 is 11.9 Å². The molecule has 0 aliphatic heterocycles. The molecule has 0 saturated heterocycles. The fourth-order valence-corrected chi connectivity index (χ4v) is 1.54. The molecule has 104 valence electrons. The molecular formula is C13H18N2O4. The number of nitrogens with one attached hydrogen (secondary N) is 1. The topological polar surface area (TPSA) is 102 Å². The van der Waals surface area contributed by atoms with Crippen LogP contribution in [0.3, 0.4) is 0 Å². The highest BCUT2D eigenvalue weighted by molar-refractivity contribution is 5.78. The van der Waals surface area contributed by atoms with Crippen LogP contribution in [0.4, 0.5) is 0 Å². The van der Waals surface area contributed by atoms with E-state index >= 15 is 0 Å². The highest BCUT2D eigenvalue weighted by atomic mass is 16.5. The number of nitrogens with two attached hydrogens (primary N) is 1. The Morgan fingerprint density at radius 1 is 1.42 bits per heavy atom. The number of carboxylic acids is 1. The average molecular weight is 266 g/mol. The van der Waals surface area contributed by atoms with E-state index in [1.807, 2.05) is 24.3 Å². The van der Waals surface area contributed by atoms with E-state index in [0.717, 1.165) is 5.56 Å². The fraction of sp³-hybridized carbons (Fsp3) is 0.385. The van der Waals surface area contributed by atoms with Crippen molar-refractivity contribution in [1.82, 2.24) is 5.32 Å². The largest absolute Gasteiger partial charge is 0.496 e. The Labute approximate surface area is 111 Å². The highest BCUT2D eigenvalue weighted by Gasteiger charge is 2.13. The first-order valence-electron chi connectivity index (χ1n) is 5.91. The van der Waals surface area contributed by atoms with Crippen LogP contribution >= 0.6 is 0 Å². The van der Waals surface area contributed by atoms with Gasteiger partial charge < -0.3 is 20.9 Å². The van der Waals surface area contributed by atoms with Gasteiger partial charge in [-0.15, -0.1) is 0 Å². The SMILES string of the molecule is COc1ccccc1CNC(=O)CC[C@H](N)C(=O)O. The second-order valence-corrected chi connectivity index (χ2v) is 4.07. The number of hydrogen-bond donors (Lipinski definition) is 3. The monoisotopic (exact) mass is 266 g/mol. The lowest BCUT2D eigenvalue weighted by Crippen LogP contribution is -2.32. The summed E-state index contributed by atoms with van der Waals surface area (Å²) in [6, 6.07) is 6.35. The zero-order chi connectivity index (χ0) is 14.3. The van der Waals surface area contributed by atoms with Gasteiger partial charge in [0.25, 0.3) is 0 Å². The van der Waals surface area contributed by atoms with E-state index in [1.165, 1.54) is 0 Å². The Balaban J connectivity index is 2.40. The second kappa shape index (κ2) is 7.38. The Morgan fingerprint density at radius 2 is 2.11 bits per heavy atom. The van der Waals surface area contributed by atoms with Crippen LogP contribution in [-0.2, 0) is 16.1 Å². The Kier molecular flexibility index (Phi) is 5.81. The summed E-state index contributed by atoms with van der Waals surface area (Å²) in [6.07, 6.45) is 0.204. The maximum absolute atomic E-state index is 11.5. The predicted octanol–water partition coefficient (Wildman–Crippen LogP) is 0.503. The molecule has 0 aliphatic carbocycles. The van der Waals surface area contributed by atoms with Gasteiger partial charge in [0.2, 0.25) is 5.91 Å². The third-order valence-electron chi connectivity index (χ3n) is 2.67. The number of benzene rings is 1. The lowest BCUT2D eigenvalue weighted by Gasteiger charge is -2.10. The van der Waals surface area contributed by atoms with Gasteiger partial charge in [0, 0.05) is 18.5 Å². The molecule has 0 saturated carbocycles. The minimum absolute atomic E-state index is 0.0859. The van der Waals surface area contributed by atoms with Gasteiger partial charge in [-0.2, -0.15) is 0 Å². The van der Waals surface area contributed by atoms with Crippen molar-refractivity contribution in [3.63, 3.8) is 0 Å². The standard InChI is InChI=1S/C13H18N2O4/c1-19-11-5-3-2-4-9(11)8-15-12(16)7-6-10(14)13(17)18/h2-5,10H,6-8,14H2,1H3,(H,15,16)(H,17,18)/t10-/m0/s1. The first-order chi connectivity index (χ1) is 9.04. The summed E-state index contributed by atoms with van der Waals surface area (Å²) >= 11 is 0. The van der Waals surface area contributed by atoms with E-state index in [0.29, 0.717) is 12.3 Å². The molecule has 1 aromatic rings. The van der Waals surface area contributed by atoms with Crippen molar-refractivity contribution < 1.29 is 19.4 Å². The van der Waals surface area contributed by atoms with Gasteiger partial charge in [-0.25, -0.2) is 0 Å². The highest BCUT2D eigenvalue weighted by Crippen LogP contribution is 2.16. The summed E-state index contributed by atoms with van der Waals surface area (Å²) < 4.78 is 5.16. The maximum Gasteiger partial charge on any atom is 0.320 e. The molecule has 1 atom stereocenters. The van der Waals surface area contributed by atoms with Gasteiger partial charge >= 0.3 is 5.97 Å². The van der Waals surface area contributed by atoms with E-state index < -0.39 is 12.0 Å². The number of para-hydroxylation sites is 1. The van der Waals surface area contributed by atoms with Crippen LogP contribution < -0.4 is 15.8 Å². The molecule has 0 bridgehead atoms. The van der Waals surface area contributed by atoms with E-state index in [9.17, 15) is 9.59 Å². The number of hydrogen-bond acceptors (Lipinski definition) is 4. The van der Waals surface area contributed by atoms with E-state index in [4.69, 9.17) is 15.6 Å². The molecule has 19 heavy (non-hydrogen) atoms. The van der Waals surface area contributed by atoms with Crippen LogP contribution in [0.25, 0.3) is 0 Å². The third-order valence-corrected chi connectivity index (χ3v) is 2.67. The lowest BCUT2D eigenvalue weighted by molar-refractivity contribution is -0.138. The zero-order valence-electron chi connectivity index (χ0n) is 10.8. The Hall–Kier alpha value is -2.08. The lowest BCUT2D eigenvalue weighted by atomic mass is 10.1. The van der Waals surface area contributed by atoms with Crippen molar-refractivity contribution in [1.29, 1.82) is 0 Å². The quantitative estimate of drug-likeness (QED) is 0.667. The van der Waals surface area contributed by atoms with E-state index in [2.05, 4.69) is 5.32 Å². The Morgan fingerprint density at radius 3 is 2.74 bits per heavy atom. The molecule has 0 aliphatic rings. The second-order valence-electron chi connectivity index (χ2n) is 4.07. The minimum atomic E-state index is -1.10. The van der Waals surface area contributed by atoms with Gasteiger partial charge in [0.15, 0.2) is 0 Å². The van der Waals surface area contributed by atoms with Crippen LogP contribution in [-0.4, -0.2) is 30.1 Å². The van der Waals surface area contributed by atoms with Gasteiger partial charge in [0.1, 0.15) is 11.8 Å². The molecule has 1 aromatic carbocycles. The van der Waals surface area contributed by atoms with Gasteiger partial charge in [-0.3, -0.25) is 9.59 Å². The Bertz CT molecular complexity index is 448. The first kappa shape index (κ1) is 15.0. The van der Waals surface area contributed by atoms with Gasteiger partial charge in [-0.05, 0) is 12.5 Å². The smallest absolute Gasteiger partial charge is 0.320 e. The number of amides is 1. The van der Waals surface area contributed by atoms with Crippen molar-refractivity contribution in [3.8, 4) is 5.75 Å². The number of rotatable bonds is 7. The minimum Gasteiger partial charge on any atom is -0.496 e. The fourth-order valence-electron chi connectivity index (χ4n) is 1.54. The van der Waals surface area contributed by atoms with Crippen molar-refractivity contribution in [2.24, 2.45) is 5.73 Å². The molecule has 4 N–H and O–H groups in total. The van der Waals surface area contributed by atoms with Crippen LogP contribution in [0, 0.1) is 0 Å². The molecule has 1 amide bonds. The summed E-state index contributed by atoms with van der Waals surface area (Å²) in [5.74, 6) is -0.634. The number of ether oxygens (including phenoxy) is 1. The van der Waals surface area contributed by atoms with Gasteiger partial charge in [-0.1, -0.05) is 18.2 Å². The molecule has 0 aromatic heterocycles. The molecule has 0 unspecified atom stereocenters. The van der Waals surface area contributed by atoms with E-state index in [1.54, 1.807) is 7.11 Å².